The van der Waals surface area contributed by atoms with Crippen LogP contribution < -0.4 is 5.73 Å². The monoisotopic (exact) mass is 199 g/mol. The van der Waals surface area contributed by atoms with Crippen molar-refractivity contribution in [1.82, 2.24) is 0 Å². The quantitative estimate of drug-likeness (QED) is 0.702. The molecule has 2 saturated carbocycles. The number of ether oxygens (including phenoxy) is 1. The number of hydrogen-bond donors (Lipinski definition) is 2. The third-order valence-corrected chi connectivity index (χ3v) is 4.12. The van der Waals surface area contributed by atoms with E-state index in [-0.39, 0.29) is 11.6 Å². The maximum atomic E-state index is 10.5. The third kappa shape index (κ3) is 1.47. The summed E-state index contributed by atoms with van der Waals surface area (Å²) in [6.45, 7) is 0. The molecule has 0 heterocycles. The van der Waals surface area contributed by atoms with Crippen LogP contribution in [-0.2, 0) is 4.74 Å². The van der Waals surface area contributed by atoms with Crippen LogP contribution in [0.2, 0.25) is 0 Å². The van der Waals surface area contributed by atoms with Crippen LogP contribution in [0.4, 0.5) is 0 Å². The maximum Gasteiger partial charge on any atom is 0.0828 e. The summed E-state index contributed by atoms with van der Waals surface area (Å²) in [5.41, 5.74) is 5.27. The van der Waals surface area contributed by atoms with Crippen LogP contribution in [0, 0.1) is 0 Å². The van der Waals surface area contributed by atoms with Crippen molar-refractivity contribution < 1.29 is 9.84 Å². The molecule has 0 saturated heterocycles. The van der Waals surface area contributed by atoms with Crippen LogP contribution in [-0.4, -0.2) is 29.5 Å². The molecular weight excluding hydrogens is 178 g/mol. The molecule has 0 radical (unpaired) electrons. The predicted molar refractivity (Wildman–Crippen MR) is 55.0 cm³/mol. The molecule has 82 valence electrons. The number of aliphatic hydroxyl groups is 1. The van der Waals surface area contributed by atoms with Gasteiger partial charge in [-0.2, -0.15) is 0 Å². The van der Waals surface area contributed by atoms with Crippen LogP contribution in [0.15, 0.2) is 0 Å². The summed E-state index contributed by atoms with van der Waals surface area (Å²) in [6, 6.07) is 0. The molecule has 0 aliphatic heterocycles. The minimum absolute atomic E-state index is 0.269. The van der Waals surface area contributed by atoms with Gasteiger partial charge < -0.3 is 15.6 Å². The van der Waals surface area contributed by atoms with Crippen LogP contribution in [0.5, 0.6) is 0 Å². The molecular formula is C11H21NO2. The summed E-state index contributed by atoms with van der Waals surface area (Å²) in [5.74, 6) is 0. The van der Waals surface area contributed by atoms with E-state index in [1.807, 2.05) is 0 Å². The van der Waals surface area contributed by atoms with Crippen molar-refractivity contribution >= 4 is 0 Å². The second-order valence-corrected chi connectivity index (χ2v) is 5.01. The van der Waals surface area contributed by atoms with Gasteiger partial charge >= 0.3 is 0 Å². The van der Waals surface area contributed by atoms with Crippen molar-refractivity contribution in [2.24, 2.45) is 5.73 Å². The first-order chi connectivity index (χ1) is 6.60. The van der Waals surface area contributed by atoms with Gasteiger partial charge in [-0.05, 0) is 25.7 Å². The zero-order chi connectivity index (χ0) is 10.2. The summed E-state index contributed by atoms with van der Waals surface area (Å²) in [7, 11) is 1.72. The molecule has 0 aromatic carbocycles. The molecule has 2 fully saturated rings. The van der Waals surface area contributed by atoms with Crippen molar-refractivity contribution in [3.63, 3.8) is 0 Å². The Kier molecular flexibility index (Phi) is 2.58. The van der Waals surface area contributed by atoms with Gasteiger partial charge in [0.05, 0.1) is 11.7 Å². The van der Waals surface area contributed by atoms with Crippen LogP contribution >= 0.6 is 0 Å². The van der Waals surface area contributed by atoms with E-state index in [2.05, 4.69) is 0 Å². The van der Waals surface area contributed by atoms with Crippen molar-refractivity contribution in [2.45, 2.75) is 62.2 Å². The Labute approximate surface area is 85.6 Å². The Morgan fingerprint density at radius 2 is 1.79 bits per heavy atom. The zero-order valence-electron chi connectivity index (χ0n) is 8.96. The summed E-state index contributed by atoms with van der Waals surface area (Å²) in [5, 5.41) is 10.5. The van der Waals surface area contributed by atoms with Gasteiger partial charge in [0.25, 0.3) is 0 Å². The second kappa shape index (κ2) is 3.47. The van der Waals surface area contributed by atoms with Crippen LogP contribution in [0.1, 0.15) is 44.9 Å². The van der Waals surface area contributed by atoms with E-state index < -0.39 is 5.60 Å². The summed E-state index contributed by atoms with van der Waals surface area (Å²) >= 11 is 0. The van der Waals surface area contributed by atoms with E-state index in [0.29, 0.717) is 0 Å². The minimum Gasteiger partial charge on any atom is -0.388 e. The molecule has 0 spiro atoms. The fourth-order valence-corrected chi connectivity index (χ4v) is 2.93. The molecule has 2 aliphatic rings. The predicted octanol–water partition coefficient (Wildman–Crippen LogP) is 1.19. The van der Waals surface area contributed by atoms with E-state index in [4.69, 9.17) is 10.5 Å². The van der Waals surface area contributed by atoms with Crippen LogP contribution in [0.25, 0.3) is 0 Å². The van der Waals surface area contributed by atoms with E-state index in [0.717, 1.165) is 38.5 Å². The molecule has 3 nitrogen and oxygen atoms in total. The lowest BCUT2D eigenvalue weighted by molar-refractivity contribution is -0.141. The molecule has 14 heavy (non-hydrogen) atoms. The average molecular weight is 199 g/mol. The highest BCUT2D eigenvalue weighted by Crippen LogP contribution is 2.46. The average Bonchev–Trinajstić information content (AvgIpc) is 2.14. The Balaban J connectivity index is 1.99. The van der Waals surface area contributed by atoms with E-state index in [9.17, 15) is 5.11 Å². The van der Waals surface area contributed by atoms with E-state index in [1.54, 1.807) is 7.11 Å². The fourth-order valence-electron chi connectivity index (χ4n) is 2.93. The molecule has 0 aromatic heterocycles. The van der Waals surface area contributed by atoms with Crippen molar-refractivity contribution in [1.29, 1.82) is 0 Å². The zero-order valence-corrected chi connectivity index (χ0v) is 8.96. The van der Waals surface area contributed by atoms with Gasteiger partial charge in [-0.25, -0.2) is 0 Å². The fraction of sp³-hybridized carbons (Fsp3) is 1.00. The Bertz CT molecular complexity index is 205. The van der Waals surface area contributed by atoms with Gasteiger partial charge in [0.2, 0.25) is 0 Å². The van der Waals surface area contributed by atoms with Gasteiger partial charge in [0, 0.05) is 12.6 Å². The van der Waals surface area contributed by atoms with Crippen molar-refractivity contribution in [3.05, 3.63) is 0 Å². The highest BCUT2D eigenvalue weighted by molar-refractivity contribution is 5.13. The topological polar surface area (TPSA) is 55.5 Å². The van der Waals surface area contributed by atoms with Crippen molar-refractivity contribution in [2.75, 3.05) is 7.11 Å². The molecule has 3 heteroatoms. The van der Waals surface area contributed by atoms with E-state index >= 15 is 0 Å². The van der Waals surface area contributed by atoms with Gasteiger partial charge in [-0.15, -0.1) is 0 Å². The third-order valence-electron chi connectivity index (χ3n) is 4.12. The van der Waals surface area contributed by atoms with Crippen LogP contribution in [0.3, 0.4) is 0 Å². The van der Waals surface area contributed by atoms with Crippen molar-refractivity contribution in [3.8, 4) is 0 Å². The largest absolute Gasteiger partial charge is 0.388 e. The molecule has 2 rings (SSSR count). The highest BCUT2D eigenvalue weighted by Gasteiger charge is 2.55. The molecule has 0 unspecified atom stereocenters. The Morgan fingerprint density at radius 3 is 2.29 bits per heavy atom. The minimum atomic E-state index is -0.611. The summed E-state index contributed by atoms with van der Waals surface area (Å²) in [6.07, 6.45) is 7.14. The van der Waals surface area contributed by atoms with Gasteiger partial charge in [-0.1, -0.05) is 19.3 Å². The first-order valence-corrected chi connectivity index (χ1v) is 5.64. The lowest BCUT2D eigenvalue weighted by Crippen LogP contribution is -2.69. The Hall–Kier alpha value is -0.120. The molecule has 0 bridgehead atoms. The standard InChI is InChI=1S/C11H21NO2/c1-14-9-7-10(12,8-9)11(13)5-3-2-4-6-11/h9,13H,2-8,12H2,1H3. The number of nitrogens with two attached hydrogens (primary N) is 1. The molecule has 2 aliphatic carbocycles. The van der Waals surface area contributed by atoms with E-state index in [1.165, 1.54) is 6.42 Å². The highest BCUT2D eigenvalue weighted by atomic mass is 16.5. The van der Waals surface area contributed by atoms with Gasteiger partial charge in [-0.3, -0.25) is 0 Å². The van der Waals surface area contributed by atoms with Gasteiger partial charge in [0.1, 0.15) is 0 Å². The maximum absolute atomic E-state index is 10.5. The number of hydrogen-bond acceptors (Lipinski definition) is 3. The SMILES string of the molecule is COC1CC(N)(C2(O)CCCCC2)C1. The first kappa shape index (κ1) is 10.4. The lowest BCUT2D eigenvalue weighted by Gasteiger charge is -2.55. The molecule has 0 aromatic rings. The number of methoxy groups -OCH3 is 1. The molecule has 3 N–H and O–H groups in total. The first-order valence-electron chi connectivity index (χ1n) is 5.64. The summed E-state index contributed by atoms with van der Waals surface area (Å²) in [4.78, 5) is 0. The molecule has 0 atom stereocenters. The molecule has 0 amide bonds. The number of rotatable bonds is 2. The lowest BCUT2D eigenvalue weighted by atomic mass is 9.60. The normalized spacial score (nSPS) is 41.8. The second-order valence-electron chi connectivity index (χ2n) is 5.01. The summed E-state index contributed by atoms with van der Waals surface area (Å²) < 4.78 is 5.23. The smallest absolute Gasteiger partial charge is 0.0828 e. The van der Waals surface area contributed by atoms with Gasteiger partial charge in [0.15, 0.2) is 0 Å². The Morgan fingerprint density at radius 1 is 1.21 bits per heavy atom.